The fourth-order valence-electron chi connectivity index (χ4n) is 4.12. The van der Waals surface area contributed by atoms with E-state index in [9.17, 15) is 4.79 Å². The standard InChI is InChI=1S/C24H24ClN5OS2.2H2O.3H2/c1-16(30-12-8-17-2-3-18(25)14-22(17)30)23(31)27-19-9-11-29(15-19)20-4-6-21(7-5-20)33-28-24-26-10-13-32-24;;;;;/h2-8,10,12-14,16,19H,9,11,15H2,1H3,(H,26,28)(H,27,31);2*1H2;3*1H/t16-,19-;;;;;/m0...../s1. The lowest BCUT2D eigenvalue weighted by Crippen LogP contribution is -2.40. The van der Waals surface area contributed by atoms with Crippen LogP contribution in [0.25, 0.3) is 10.9 Å². The molecule has 1 fully saturated rings. The number of benzene rings is 2. The number of hydrogen-bond acceptors (Lipinski definition) is 6. The number of carbonyl (C=O) groups excluding carboxylic acids is 1. The molecule has 0 radical (unpaired) electrons. The van der Waals surface area contributed by atoms with Gasteiger partial charge in [0.25, 0.3) is 0 Å². The van der Waals surface area contributed by atoms with Crippen LogP contribution in [0.3, 0.4) is 0 Å². The second-order valence-corrected chi connectivity index (χ2v) is 10.3. The van der Waals surface area contributed by atoms with Crippen LogP contribution in [-0.2, 0) is 4.79 Å². The Hall–Kier alpha value is -2.76. The minimum Gasteiger partial charge on any atom is -0.412 e. The van der Waals surface area contributed by atoms with E-state index in [0.717, 1.165) is 40.4 Å². The number of anilines is 2. The van der Waals surface area contributed by atoms with Crippen molar-refractivity contribution >= 4 is 62.5 Å². The number of fused-ring (bicyclic) bond motifs is 1. The average molecular weight is 540 g/mol. The van der Waals surface area contributed by atoms with Gasteiger partial charge in [0.1, 0.15) is 6.04 Å². The molecule has 3 heterocycles. The number of hydrogen-bond donors (Lipinski definition) is 2. The van der Waals surface area contributed by atoms with Crippen LogP contribution >= 0.6 is 34.9 Å². The summed E-state index contributed by atoms with van der Waals surface area (Å²) in [6, 6.07) is 16.1. The minimum absolute atomic E-state index is 0. The highest BCUT2D eigenvalue weighted by molar-refractivity contribution is 8.00. The molecule has 4 aromatic rings. The second kappa shape index (κ2) is 11.8. The summed E-state index contributed by atoms with van der Waals surface area (Å²) in [4.78, 5) is 20.7. The number of nitrogens with one attached hydrogen (secondary N) is 2. The Morgan fingerprint density at radius 1 is 1.23 bits per heavy atom. The van der Waals surface area contributed by atoms with Gasteiger partial charge in [-0.3, -0.25) is 4.79 Å². The molecule has 0 saturated carbocycles. The van der Waals surface area contributed by atoms with Gasteiger partial charge in [0, 0.05) is 56.8 Å². The summed E-state index contributed by atoms with van der Waals surface area (Å²) in [5, 5.41) is 7.83. The van der Waals surface area contributed by atoms with E-state index in [1.165, 1.54) is 5.69 Å². The van der Waals surface area contributed by atoms with Gasteiger partial charge in [-0.05, 0) is 73.1 Å². The van der Waals surface area contributed by atoms with Gasteiger partial charge in [0.2, 0.25) is 5.91 Å². The zero-order chi connectivity index (χ0) is 22.8. The first-order valence-corrected chi connectivity index (χ1v) is 12.9. The topological polar surface area (TPSA) is 125 Å². The fraction of sp³-hybridized carbons (Fsp3) is 0.250. The number of carbonyl (C=O) groups is 1. The molecular formula is C24H34ClN5O3S2. The SMILES string of the molecule is C[C@@H](C(=O)N[C@H]1CCN(c2ccc(SNc3nccs3)cc2)C1)n1ccc2ccc(Cl)cc21.O.O.[HH].[HH].[HH]. The van der Waals surface area contributed by atoms with Crippen LogP contribution in [0.15, 0.2) is 71.2 Å². The molecule has 1 aliphatic rings. The summed E-state index contributed by atoms with van der Waals surface area (Å²) in [6.07, 6.45) is 4.67. The Balaban J connectivity index is 0.00000274. The van der Waals surface area contributed by atoms with Crippen molar-refractivity contribution in [3.05, 3.63) is 71.3 Å². The van der Waals surface area contributed by atoms with E-state index in [1.807, 2.05) is 47.3 Å². The summed E-state index contributed by atoms with van der Waals surface area (Å²) in [5.41, 5.74) is 2.14. The van der Waals surface area contributed by atoms with Crippen molar-refractivity contribution in [2.45, 2.75) is 30.3 Å². The van der Waals surface area contributed by atoms with Crippen LogP contribution in [0, 0.1) is 0 Å². The Labute approximate surface area is 221 Å². The van der Waals surface area contributed by atoms with E-state index >= 15 is 0 Å². The van der Waals surface area contributed by atoms with E-state index in [4.69, 9.17) is 11.6 Å². The predicted octanol–water partition coefficient (Wildman–Crippen LogP) is 4.92. The zero-order valence-corrected chi connectivity index (χ0v) is 21.5. The predicted molar refractivity (Wildman–Crippen MR) is 152 cm³/mol. The summed E-state index contributed by atoms with van der Waals surface area (Å²) in [7, 11) is 0. The van der Waals surface area contributed by atoms with E-state index in [-0.39, 0.29) is 33.2 Å². The largest absolute Gasteiger partial charge is 0.412 e. The lowest BCUT2D eigenvalue weighted by atomic mass is 10.2. The molecule has 11 heteroatoms. The number of halogens is 1. The molecule has 192 valence electrons. The maximum Gasteiger partial charge on any atom is 0.243 e. The van der Waals surface area contributed by atoms with Crippen molar-refractivity contribution in [3.63, 3.8) is 0 Å². The highest BCUT2D eigenvalue weighted by Crippen LogP contribution is 2.27. The molecule has 0 bridgehead atoms. The van der Waals surface area contributed by atoms with Crippen molar-refractivity contribution in [2.24, 2.45) is 0 Å². The quantitative estimate of drug-likeness (QED) is 0.322. The normalized spacial score (nSPS) is 15.8. The van der Waals surface area contributed by atoms with Crippen molar-refractivity contribution < 1.29 is 20.0 Å². The van der Waals surface area contributed by atoms with E-state index in [0.29, 0.717) is 5.02 Å². The molecule has 1 aliphatic heterocycles. The Bertz CT molecular complexity index is 1270. The van der Waals surface area contributed by atoms with Gasteiger partial charge in [-0.15, -0.1) is 11.3 Å². The van der Waals surface area contributed by atoms with Crippen molar-refractivity contribution in [2.75, 3.05) is 22.7 Å². The second-order valence-electron chi connectivity index (χ2n) is 8.08. The lowest BCUT2D eigenvalue weighted by molar-refractivity contribution is -0.124. The molecule has 5 rings (SSSR count). The molecule has 0 aliphatic carbocycles. The molecule has 2 aromatic heterocycles. The van der Waals surface area contributed by atoms with Crippen molar-refractivity contribution in [3.8, 4) is 0 Å². The van der Waals surface area contributed by atoms with E-state index < -0.39 is 0 Å². The molecular weight excluding hydrogens is 506 g/mol. The Morgan fingerprint density at radius 3 is 2.77 bits per heavy atom. The third-order valence-electron chi connectivity index (χ3n) is 5.91. The van der Waals surface area contributed by atoms with Crippen LogP contribution in [-0.4, -0.2) is 45.5 Å². The number of thiazole rings is 1. The van der Waals surface area contributed by atoms with Crippen LogP contribution < -0.4 is 14.9 Å². The van der Waals surface area contributed by atoms with E-state index in [1.54, 1.807) is 29.5 Å². The smallest absolute Gasteiger partial charge is 0.243 e. The van der Waals surface area contributed by atoms with Crippen LogP contribution in [0.2, 0.25) is 5.02 Å². The highest BCUT2D eigenvalue weighted by atomic mass is 35.5. The minimum atomic E-state index is -0.309. The van der Waals surface area contributed by atoms with Gasteiger partial charge in [-0.2, -0.15) is 0 Å². The fourth-order valence-corrected chi connectivity index (χ4v) is 5.51. The summed E-state index contributed by atoms with van der Waals surface area (Å²) in [5.74, 6) is 0.0272. The molecule has 1 saturated heterocycles. The zero-order valence-electron chi connectivity index (χ0n) is 19.1. The lowest BCUT2D eigenvalue weighted by Gasteiger charge is -2.21. The third-order valence-corrected chi connectivity index (χ3v) is 7.76. The van der Waals surface area contributed by atoms with Gasteiger partial charge < -0.3 is 30.5 Å². The number of nitrogens with zero attached hydrogens (tertiary/aromatic N) is 3. The summed E-state index contributed by atoms with van der Waals surface area (Å²) < 4.78 is 5.23. The molecule has 6 N–H and O–H groups in total. The van der Waals surface area contributed by atoms with Crippen LogP contribution in [0.4, 0.5) is 10.8 Å². The molecule has 0 spiro atoms. The van der Waals surface area contributed by atoms with Gasteiger partial charge in [0.05, 0.1) is 5.52 Å². The molecule has 8 nitrogen and oxygen atoms in total. The molecule has 2 aromatic carbocycles. The van der Waals surface area contributed by atoms with Gasteiger partial charge in [-0.1, -0.05) is 17.7 Å². The summed E-state index contributed by atoms with van der Waals surface area (Å²) >= 11 is 9.30. The molecule has 35 heavy (non-hydrogen) atoms. The highest BCUT2D eigenvalue weighted by Gasteiger charge is 2.26. The Kier molecular flexibility index (Phi) is 9.03. The third kappa shape index (κ3) is 6.09. The number of rotatable bonds is 7. The van der Waals surface area contributed by atoms with E-state index in [2.05, 4.69) is 44.2 Å². The van der Waals surface area contributed by atoms with Crippen LogP contribution in [0.1, 0.15) is 23.7 Å². The summed E-state index contributed by atoms with van der Waals surface area (Å²) in [6.45, 7) is 3.66. The van der Waals surface area contributed by atoms with Gasteiger partial charge >= 0.3 is 0 Å². The maximum atomic E-state index is 13.0. The van der Waals surface area contributed by atoms with Crippen LogP contribution in [0.5, 0.6) is 0 Å². The number of amides is 1. The average Bonchev–Trinajstić information content (AvgIpc) is 3.58. The van der Waals surface area contributed by atoms with Gasteiger partial charge in [-0.25, -0.2) is 4.98 Å². The first-order valence-electron chi connectivity index (χ1n) is 10.8. The van der Waals surface area contributed by atoms with Crippen molar-refractivity contribution in [1.29, 1.82) is 0 Å². The monoisotopic (exact) mass is 539 g/mol. The van der Waals surface area contributed by atoms with Gasteiger partial charge in [0.15, 0.2) is 5.13 Å². The first-order chi connectivity index (χ1) is 16.1. The molecule has 0 unspecified atom stereocenters. The van der Waals surface area contributed by atoms with Crippen molar-refractivity contribution in [1.82, 2.24) is 14.9 Å². The Morgan fingerprint density at radius 2 is 2.03 bits per heavy atom. The number of aromatic nitrogens is 2. The maximum absolute atomic E-state index is 13.0. The molecule has 1 amide bonds. The first kappa shape index (κ1) is 26.8. The molecule has 2 atom stereocenters.